The first-order valence-electron chi connectivity index (χ1n) is 14.9. The molecular weight excluding hydrogens is 564 g/mol. The van der Waals surface area contributed by atoms with Crippen LogP contribution in [0.5, 0.6) is 5.75 Å². The predicted octanol–water partition coefficient (Wildman–Crippen LogP) is 2.74. The lowest BCUT2D eigenvalue weighted by molar-refractivity contribution is -0.143. The highest BCUT2D eigenvalue weighted by molar-refractivity contribution is 5.91. The number of amides is 2. The minimum atomic E-state index is -1.60. The van der Waals surface area contributed by atoms with E-state index in [0.29, 0.717) is 17.2 Å². The van der Waals surface area contributed by atoms with Crippen LogP contribution < -0.4 is 20.7 Å². The van der Waals surface area contributed by atoms with Gasteiger partial charge in [-0.2, -0.15) is 5.21 Å². The molecule has 4 atom stereocenters. The minimum absolute atomic E-state index is 0.151. The monoisotopic (exact) mass is 598 g/mol. The van der Waals surface area contributed by atoms with E-state index in [-0.39, 0.29) is 36.9 Å². The number of ether oxygens (including phenoxy) is 1. The van der Waals surface area contributed by atoms with E-state index >= 15 is 0 Å². The van der Waals surface area contributed by atoms with Gasteiger partial charge >= 0.3 is 0 Å². The van der Waals surface area contributed by atoms with Gasteiger partial charge < -0.3 is 30.2 Å². The van der Waals surface area contributed by atoms with Gasteiger partial charge in [0.2, 0.25) is 17.6 Å². The highest BCUT2D eigenvalue weighted by Crippen LogP contribution is 2.59. The maximum absolute atomic E-state index is 13.9. The summed E-state index contributed by atoms with van der Waals surface area (Å²) >= 11 is 0. The van der Waals surface area contributed by atoms with E-state index in [9.17, 15) is 14.7 Å². The van der Waals surface area contributed by atoms with Crippen LogP contribution in [0.25, 0.3) is 11.5 Å². The number of fused-ring (bicyclic) bond motifs is 4. The summed E-state index contributed by atoms with van der Waals surface area (Å²) in [5, 5.41) is 35.2. The minimum Gasteiger partial charge on any atom is -0.469 e. The lowest BCUT2D eigenvalue weighted by Crippen LogP contribution is -2.55. The van der Waals surface area contributed by atoms with Crippen LogP contribution in [0.2, 0.25) is 0 Å². The van der Waals surface area contributed by atoms with Crippen molar-refractivity contribution in [3.8, 4) is 17.3 Å². The van der Waals surface area contributed by atoms with E-state index in [1.54, 1.807) is 13.8 Å². The van der Waals surface area contributed by atoms with Crippen molar-refractivity contribution >= 4 is 17.5 Å². The lowest BCUT2D eigenvalue weighted by atomic mass is 9.72. The SMILES string of the molecule is CCC(O)(CC)C(=O)N[C@H]1Cc2ccc3c(c2)C2(c4ccccc4N[C@H]2O3)c2oc(nc2-c2nn[nH]n2)[C@H](C(C)C)NC1=O. The van der Waals surface area contributed by atoms with Crippen molar-refractivity contribution in [1.82, 2.24) is 36.2 Å². The number of para-hydroxylation sites is 1. The summed E-state index contributed by atoms with van der Waals surface area (Å²) < 4.78 is 13.3. The number of anilines is 1. The van der Waals surface area contributed by atoms with E-state index in [1.807, 2.05) is 56.3 Å². The Morgan fingerprint density at radius 3 is 2.68 bits per heavy atom. The van der Waals surface area contributed by atoms with Crippen molar-refractivity contribution in [2.45, 2.75) is 76.3 Å². The van der Waals surface area contributed by atoms with E-state index in [1.165, 1.54) is 0 Å². The smallest absolute Gasteiger partial charge is 0.252 e. The standard InChI is InChI=1S/C31H34N8O5/c1-5-30(42,6-2)28(41)32-20-14-16-11-12-21-18(13-16)31(17-9-7-8-10-19(17)33-29(31)43-21)24-23(25-36-38-39-37-25)35-27(44-24)22(15(3)4)34-26(20)40/h7-13,15,20,22,29,33,42H,5-6,14H2,1-4H3,(H,32,41)(H,34,40)(H,36,37,38,39)/t20-,22-,29-,31?/m0/s1. The number of tetrazole rings is 1. The molecule has 0 aliphatic carbocycles. The maximum Gasteiger partial charge on any atom is 0.252 e. The lowest BCUT2D eigenvalue weighted by Gasteiger charge is -2.30. The molecule has 1 unspecified atom stereocenters. The third-order valence-corrected chi connectivity index (χ3v) is 9.19. The zero-order chi connectivity index (χ0) is 30.8. The van der Waals surface area contributed by atoms with Crippen LogP contribution in [-0.2, 0) is 21.4 Å². The van der Waals surface area contributed by atoms with Crippen LogP contribution in [0.4, 0.5) is 5.69 Å². The Hall–Kier alpha value is -4.78. The summed E-state index contributed by atoms with van der Waals surface area (Å²) in [6, 6.07) is 12.0. The number of aliphatic hydroxyl groups is 1. The van der Waals surface area contributed by atoms with Gasteiger partial charge in [-0.25, -0.2) is 4.98 Å². The third kappa shape index (κ3) is 4.02. The van der Waals surface area contributed by atoms with Gasteiger partial charge in [0.05, 0.1) is 0 Å². The molecule has 3 aliphatic heterocycles. The molecule has 228 valence electrons. The van der Waals surface area contributed by atoms with Crippen molar-refractivity contribution in [2.24, 2.45) is 5.92 Å². The molecule has 2 amide bonds. The van der Waals surface area contributed by atoms with E-state index in [0.717, 1.165) is 22.4 Å². The molecule has 0 fully saturated rings. The Labute approximate surface area is 253 Å². The van der Waals surface area contributed by atoms with Crippen molar-refractivity contribution in [3.05, 3.63) is 70.8 Å². The summed E-state index contributed by atoms with van der Waals surface area (Å²) in [5.41, 5.74) is 1.20. The topological polar surface area (TPSA) is 180 Å². The highest BCUT2D eigenvalue weighted by atomic mass is 16.5. The second kappa shape index (κ2) is 10.2. The zero-order valence-corrected chi connectivity index (χ0v) is 24.8. The molecule has 2 aromatic carbocycles. The van der Waals surface area contributed by atoms with E-state index < -0.39 is 41.1 Å². The van der Waals surface area contributed by atoms with Gasteiger partial charge in [-0.15, -0.1) is 10.2 Å². The molecule has 4 bridgehead atoms. The van der Waals surface area contributed by atoms with Gasteiger partial charge in [-0.05, 0) is 47.2 Å². The zero-order valence-electron chi connectivity index (χ0n) is 24.8. The average Bonchev–Trinajstić information content (AvgIpc) is 3.80. The molecule has 13 nitrogen and oxygen atoms in total. The summed E-state index contributed by atoms with van der Waals surface area (Å²) in [5.74, 6) is 0.439. The predicted molar refractivity (Wildman–Crippen MR) is 157 cm³/mol. The number of aromatic amines is 1. The number of nitrogens with one attached hydrogen (secondary N) is 4. The fourth-order valence-electron chi connectivity index (χ4n) is 6.58. The van der Waals surface area contributed by atoms with Crippen LogP contribution >= 0.6 is 0 Å². The quantitative estimate of drug-likeness (QED) is 0.221. The Morgan fingerprint density at radius 1 is 1.16 bits per heavy atom. The van der Waals surface area contributed by atoms with Crippen molar-refractivity contribution in [2.75, 3.05) is 5.32 Å². The van der Waals surface area contributed by atoms with Crippen LogP contribution in [0.3, 0.4) is 0 Å². The number of oxazole rings is 1. The van der Waals surface area contributed by atoms with Gasteiger partial charge in [-0.1, -0.05) is 58.0 Å². The normalized spacial score (nSPS) is 23.5. The number of rotatable bonds is 6. The van der Waals surface area contributed by atoms with Crippen LogP contribution in [0.1, 0.15) is 74.9 Å². The molecule has 0 radical (unpaired) electrons. The van der Waals surface area contributed by atoms with Gasteiger partial charge in [-0.3, -0.25) is 9.59 Å². The molecule has 0 saturated carbocycles. The van der Waals surface area contributed by atoms with Gasteiger partial charge in [0.15, 0.2) is 17.7 Å². The Balaban J connectivity index is 1.47. The van der Waals surface area contributed by atoms with Crippen molar-refractivity contribution in [3.63, 3.8) is 0 Å². The second-order valence-electron chi connectivity index (χ2n) is 12.0. The summed E-state index contributed by atoms with van der Waals surface area (Å²) in [4.78, 5) is 32.2. The fourth-order valence-corrected chi connectivity index (χ4v) is 6.58. The average molecular weight is 599 g/mol. The fraction of sp³-hybridized carbons (Fsp3) is 0.419. The number of carbonyl (C=O) groups excluding carboxylic acids is 2. The van der Waals surface area contributed by atoms with Crippen molar-refractivity contribution in [1.29, 1.82) is 0 Å². The van der Waals surface area contributed by atoms with Gasteiger partial charge in [0.1, 0.15) is 28.8 Å². The van der Waals surface area contributed by atoms with E-state index in [2.05, 4.69) is 36.6 Å². The number of hydrogen-bond donors (Lipinski definition) is 5. The molecule has 7 rings (SSSR count). The number of H-pyrrole nitrogens is 1. The number of benzene rings is 2. The van der Waals surface area contributed by atoms with E-state index in [4.69, 9.17) is 14.1 Å². The Bertz CT molecular complexity index is 1750. The maximum atomic E-state index is 13.9. The van der Waals surface area contributed by atoms with Crippen LogP contribution in [0.15, 0.2) is 46.9 Å². The number of hydrogen-bond acceptors (Lipinski definition) is 10. The molecule has 44 heavy (non-hydrogen) atoms. The first-order chi connectivity index (χ1) is 21.2. The summed E-state index contributed by atoms with van der Waals surface area (Å²) in [7, 11) is 0. The molecule has 1 spiro atoms. The third-order valence-electron chi connectivity index (χ3n) is 9.19. The van der Waals surface area contributed by atoms with Crippen molar-refractivity contribution < 1.29 is 23.8 Å². The van der Waals surface area contributed by atoms with Crippen LogP contribution in [0, 0.1) is 5.92 Å². The molecule has 2 aromatic heterocycles. The molecule has 0 saturated heterocycles. The van der Waals surface area contributed by atoms with Gasteiger partial charge in [0, 0.05) is 17.7 Å². The second-order valence-corrected chi connectivity index (χ2v) is 12.0. The number of carbonyl (C=O) groups is 2. The molecule has 3 aliphatic rings. The Morgan fingerprint density at radius 2 is 1.95 bits per heavy atom. The molecular formula is C31H34N8O5. The number of nitrogens with zero attached hydrogens (tertiary/aromatic N) is 4. The number of aromatic nitrogens is 5. The highest BCUT2D eigenvalue weighted by Gasteiger charge is 2.61. The van der Waals surface area contributed by atoms with Gasteiger partial charge in [0.25, 0.3) is 5.91 Å². The van der Waals surface area contributed by atoms with Crippen LogP contribution in [-0.4, -0.2) is 60.4 Å². The first kappa shape index (κ1) is 28.0. The molecule has 13 heteroatoms. The Kier molecular flexibility index (Phi) is 6.46. The summed E-state index contributed by atoms with van der Waals surface area (Å²) in [6.45, 7) is 7.37. The largest absolute Gasteiger partial charge is 0.469 e. The summed E-state index contributed by atoms with van der Waals surface area (Å²) in [6.07, 6.45) is 0.0242. The molecule has 4 aromatic rings. The first-order valence-corrected chi connectivity index (χ1v) is 14.9. The molecule has 5 heterocycles. The molecule has 5 N–H and O–H groups in total.